The molecule has 1 atom stereocenters. The molecule has 1 aromatic heterocycles. The van der Waals surface area contributed by atoms with Gasteiger partial charge in [0, 0.05) is 43.8 Å². The molecule has 3 heterocycles. The molecular weight excluding hydrogens is 437 g/mol. The van der Waals surface area contributed by atoms with Crippen LogP contribution in [0.15, 0.2) is 36.7 Å². The van der Waals surface area contributed by atoms with Gasteiger partial charge in [0.2, 0.25) is 0 Å². The van der Waals surface area contributed by atoms with Crippen molar-refractivity contribution in [3.05, 3.63) is 58.6 Å². The molecule has 3 aromatic rings. The lowest BCUT2D eigenvalue weighted by Crippen LogP contribution is -2.58. The zero-order chi connectivity index (χ0) is 22.9. The molecule has 0 amide bonds. The highest BCUT2D eigenvalue weighted by molar-refractivity contribution is 6.34. The Kier molecular flexibility index (Phi) is 6.59. The van der Waals surface area contributed by atoms with Crippen molar-refractivity contribution in [2.24, 2.45) is 0 Å². The van der Waals surface area contributed by atoms with Crippen LogP contribution in [0, 0.1) is 12.7 Å². The Hall–Kier alpha value is -2.15. The lowest BCUT2D eigenvalue weighted by Gasteiger charge is -2.48. The normalized spacial score (nSPS) is 21.2. The molecule has 2 aliphatic rings. The van der Waals surface area contributed by atoms with Crippen molar-refractivity contribution in [2.75, 3.05) is 37.6 Å². The number of likely N-dealkylation sites (tertiary alicyclic amines) is 1. The highest BCUT2D eigenvalue weighted by Gasteiger charge is 2.33. The Bertz CT molecular complexity index is 1110. The Morgan fingerprint density at radius 2 is 1.94 bits per heavy atom. The number of nitrogens with zero attached hydrogens (tertiary/aromatic N) is 4. The molecule has 33 heavy (non-hydrogen) atoms. The molecule has 2 saturated heterocycles. The summed E-state index contributed by atoms with van der Waals surface area (Å²) in [6.45, 7) is 9.98. The second-order valence-corrected chi connectivity index (χ2v) is 9.98. The fourth-order valence-corrected chi connectivity index (χ4v) is 5.83. The van der Waals surface area contributed by atoms with Crippen molar-refractivity contribution in [3.63, 3.8) is 0 Å². The predicted octanol–water partition coefficient (Wildman–Crippen LogP) is 5.23. The van der Waals surface area contributed by atoms with E-state index >= 15 is 0 Å². The van der Waals surface area contributed by atoms with Crippen LogP contribution in [0.2, 0.25) is 5.02 Å². The molecule has 0 radical (unpaired) electrons. The lowest BCUT2D eigenvalue weighted by molar-refractivity contribution is 0.0609. The Morgan fingerprint density at radius 3 is 2.70 bits per heavy atom. The van der Waals surface area contributed by atoms with Gasteiger partial charge < -0.3 is 9.88 Å². The number of piperidine rings is 1. The van der Waals surface area contributed by atoms with Gasteiger partial charge in [0.1, 0.15) is 5.82 Å². The summed E-state index contributed by atoms with van der Waals surface area (Å²) in [7, 11) is 0. The van der Waals surface area contributed by atoms with Gasteiger partial charge >= 0.3 is 0 Å². The van der Waals surface area contributed by atoms with Gasteiger partial charge in [-0.1, -0.05) is 30.7 Å². The quantitative estimate of drug-likeness (QED) is 0.555. The molecule has 5 rings (SSSR count). The van der Waals surface area contributed by atoms with Gasteiger partial charge in [0.25, 0.3) is 0 Å². The smallest absolute Gasteiger partial charge is 0.127 e. The summed E-state index contributed by atoms with van der Waals surface area (Å²) in [5.74, 6) is -0.0778. The Balaban J connectivity index is 1.20. The van der Waals surface area contributed by atoms with E-state index in [0.717, 1.165) is 84.9 Å². The standard InChI is InChI=1S/C26H33ClFN5/c1-3-20-16-32(26-14-25-24(13-22(26)27)29-17-30-25)10-11-33(20)21-6-8-31(9-7-21)15-19-5-4-18(2)12-23(19)28/h4-5,12-14,17,20-21H,3,6-11,15-16H2,1-2H3,(H,29,30)/t20-/m0/s1. The zero-order valence-corrected chi connectivity index (χ0v) is 20.3. The molecule has 5 nitrogen and oxygen atoms in total. The van der Waals surface area contributed by atoms with Crippen LogP contribution < -0.4 is 4.90 Å². The van der Waals surface area contributed by atoms with E-state index in [-0.39, 0.29) is 5.82 Å². The number of piperazine rings is 1. The summed E-state index contributed by atoms with van der Waals surface area (Å²) < 4.78 is 14.3. The van der Waals surface area contributed by atoms with Crippen molar-refractivity contribution in [3.8, 4) is 0 Å². The first-order valence-corrected chi connectivity index (χ1v) is 12.5. The van der Waals surface area contributed by atoms with E-state index in [4.69, 9.17) is 11.6 Å². The minimum absolute atomic E-state index is 0.0778. The fraction of sp³-hybridized carbons (Fsp3) is 0.500. The average molecular weight is 470 g/mol. The maximum Gasteiger partial charge on any atom is 0.127 e. The Labute approximate surface area is 200 Å². The van der Waals surface area contributed by atoms with Crippen molar-refractivity contribution in [2.45, 2.75) is 51.7 Å². The minimum Gasteiger partial charge on any atom is -0.367 e. The SMILES string of the molecule is CC[C@H]1CN(c2cc3nc[nH]c3cc2Cl)CCN1C1CCN(Cc2ccc(C)cc2F)CC1. The number of aryl methyl sites for hydroxylation is 1. The van der Waals surface area contributed by atoms with Gasteiger partial charge in [-0.15, -0.1) is 0 Å². The van der Waals surface area contributed by atoms with E-state index in [2.05, 4.69) is 37.7 Å². The number of aromatic nitrogens is 2. The summed E-state index contributed by atoms with van der Waals surface area (Å²) in [5, 5.41) is 0.784. The Morgan fingerprint density at radius 1 is 1.12 bits per heavy atom. The number of hydrogen-bond donors (Lipinski definition) is 1. The number of halogens is 2. The number of imidazole rings is 1. The van der Waals surface area contributed by atoms with Crippen molar-refractivity contribution >= 4 is 28.3 Å². The molecule has 176 valence electrons. The highest BCUT2D eigenvalue weighted by Crippen LogP contribution is 2.33. The van der Waals surface area contributed by atoms with Gasteiger partial charge in [-0.2, -0.15) is 0 Å². The van der Waals surface area contributed by atoms with Gasteiger partial charge in [-0.3, -0.25) is 9.80 Å². The van der Waals surface area contributed by atoms with E-state index in [0.29, 0.717) is 18.6 Å². The number of benzene rings is 2. The number of hydrogen-bond acceptors (Lipinski definition) is 4. The van der Waals surface area contributed by atoms with Gasteiger partial charge in [-0.05, 0) is 63.0 Å². The van der Waals surface area contributed by atoms with Crippen LogP contribution in [0.25, 0.3) is 11.0 Å². The first-order chi connectivity index (χ1) is 16.0. The number of anilines is 1. The van der Waals surface area contributed by atoms with Crippen LogP contribution in [-0.4, -0.2) is 64.6 Å². The van der Waals surface area contributed by atoms with Crippen molar-refractivity contribution < 1.29 is 4.39 Å². The van der Waals surface area contributed by atoms with Gasteiger partial charge in [0.15, 0.2) is 0 Å². The number of nitrogens with one attached hydrogen (secondary N) is 1. The number of aromatic amines is 1. The van der Waals surface area contributed by atoms with Crippen LogP contribution >= 0.6 is 11.6 Å². The first-order valence-electron chi connectivity index (χ1n) is 12.1. The summed E-state index contributed by atoms with van der Waals surface area (Å²) in [4.78, 5) is 15.1. The van der Waals surface area contributed by atoms with Crippen LogP contribution in [0.5, 0.6) is 0 Å². The molecule has 2 aromatic carbocycles. The first kappa shape index (κ1) is 22.6. The van der Waals surface area contributed by atoms with Crippen molar-refractivity contribution in [1.29, 1.82) is 0 Å². The second kappa shape index (κ2) is 9.61. The second-order valence-electron chi connectivity index (χ2n) is 9.57. The molecule has 0 spiro atoms. The molecule has 0 saturated carbocycles. The largest absolute Gasteiger partial charge is 0.367 e. The van der Waals surface area contributed by atoms with E-state index in [1.54, 1.807) is 12.4 Å². The molecule has 0 bridgehead atoms. The van der Waals surface area contributed by atoms with E-state index in [1.807, 2.05) is 25.1 Å². The maximum absolute atomic E-state index is 14.3. The summed E-state index contributed by atoms with van der Waals surface area (Å²) in [6, 6.07) is 10.8. The van der Waals surface area contributed by atoms with Crippen LogP contribution in [0.4, 0.5) is 10.1 Å². The molecule has 2 aliphatic heterocycles. The average Bonchev–Trinajstić information content (AvgIpc) is 3.28. The third-order valence-corrected chi connectivity index (χ3v) is 7.76. The van der Waals surface area contributed by atoms with Crippen LogP contribution in [0.3, 0.4) is 0 Å². The molecule has 0 aliphatic carbocycles. The maximum atomic E-state index is 14.3. The summed E-state index contributed by atoms with van der Waals surface area (Å²) >= 11 is 6.64. The van der Waals surface area contributed by atoms with Gasteiger partial charge in [-0.25, -0.2) is 9.37 Å². The van der Waals surface area contributed by atoms with Crippen molar-refractivity contribution in [1.82, 2.24) is 19.8 Å². The van der Waals surface area contributed by atoms with Crippen LogP contribution in [-0.2, 0) is 6.54 Å². The van der Waals surface area contributed by atoms with E-state index in [1.165, 1.54) is 0 Å². The molecular formula is C26H33ClFN5. The number of rotatable bonds is 5. The number of H-pyrrole nitrogens is 1. The molecule has 0 unspecified atom stereocenters. The lowest BCUT2D eigenvalue weighted by atomic mass is 9.97. The molecule has 2 fully saturated rings. The predicted molar refractivity (Wildman–Crippen MR) is 134 cm³/mol. The third kappa shape index (κ3) is 4.75. The monoisotopic (exact) mass is 469 g/mol. The van der Waals surface area contributed by atoms with Gasteiger partial charge in [0.05, 0.1) is 28.1 Å². The topological polar surface area (TPSA) is 38.4 Å². The van der Waals surface area contributed by atoms with E-state index in [9.17, 15) is 4.39 Å². The fourth-order valence-electron chi connectivity index (χ4n) is 5.55. The minimum atomic E-state index is -0.0778. The molecule has 7 heteroatoms. The van der Waals surface area contributed by atoms with E-state index < -0.39 is 0 Å². The zero-order valence-electron chi connectivity index (χ0n) is 19.5. The molecule has 1 N–H and O–H groups in total. The summed E-state index contributed by atoms with van der Waals surface area (Å²) in [6.07, 6.45) is 5.12. The number of fused-ring (bicyclic) bond motifs is 1. The third-order valence-electron chi connectivity index (χ3n) is 7.46. The highest BCUT2D eigenvalue weighted by atomic mass is 35.5. The van der Waals surface area contributed by atoms with Crippen LogP contribution in [0.1, 0.15) is 37.3 Å². The summed E-state index contributed by atoms with van der Waals surface area (Å²) in [5.41, 5.74) is 4.81.